The molecule has 0 aliphatic carbocycles. The van der Waals surface area contributed by atoms with E-state index in [0.29, 0.717) is 13.0 Å². The first kappa shape index (κ1) is 27.3. The Kier molecular flexibility index (Phi) is 10.0. The highest BCUT2D eigenvalue weighted by Gasteiger charge is 2.31. The molecule has 1 N–H and O–H groups in total. The molecule has 0 aromatic heterocycles. The summed E-state index contributed by atoms with van der Waals surface area (Å²) in [5.74, 6) is -1.31. The molecular formula is C25H34FN3O4S. The number of carbonyl (C=O) groups excluding carboxylic acids is 2. The molecule has 0 saturated heterocycles. The van der Waals surface area contributed by atoms with Crippen LogP contribution in [0.4, 0.5) is 10.1 Å². The maximum Gasteiger partial charge on any atom is 0.244 e. The van der Waals surface area contributed by atoms with Gasteiger partial charge in [0.25, 0.3) is 0 Å². The van der Waals surface area contributed by atoms with Crippen molar-refractivity contribution < 1.29 is 22.4 Å². The molecule has 2 aromatic rings. The number of nitrogens with one attached hydrogen (secondary N) is 1. The van der Waals surface area contributed by atoms with E-state index < -0.39 is 34.3 Å². The molecule has 1 atom stereocenters. The fraction of sp³-hybridized carbons (Fsp3) is 0.440. The van der Waals surface area contributed by atoms with Gasteiger partial charge in [-0.05, 0) is 49.6 Å². The average molecular weight is 492 g/mol. The van der Waals surface area contributed by atoms with Crippen LogP contribution in [0.5, 0.6) is 0 Å². The lowest BCUT2D eigenvalue weighted by Crippen LogP contribution is -2.52. The van der Waals surface area contributed by atoms with Crippen molar-refractivity contribution >= 4 is 27.5 Å². The molecule has 7 nitrogen and oxygen atoms in total. The molecule has 0 bridgehead atoms. The van der Waals surface area contributed by atoms with Crippen LogP contribution in [0.1, 0.15) is 44.2 Å². The Morgan fingerprint density at radius 1 is 1.03 bits per heavy atom. The number of hydrogen-bond acceptors (Lipinski definition) is 4. The monoisotopic (exact) mass is 491 g/mol. The number of amides is 2. The quantitative estimate of drug-likeness (QED) is 0.460. The van der Waals surface area contributed by atoms with Crippen molar-refractivity contribution in [2.45, 2.75) is 52.6 Å². The minimum absolute atomic E-state index is 0.153. The molecule has 2 amide bonds. The Morgan fingerprint density at radius 3 is 2.18 bits per heavy atom. The second kappa shape index (κ2) is 12.5. The number of halogens is 1. The van der Waals surface area contributed by atoms with Crippen molar-refractivity contribution in [3.63, 3.8) is 0 Å². The van der Waals surface area contributed by atoms with Gasteiger partial charge >= 0.3 is 0 Å². The van der Waals surface area contributed by atoms with E-state index in [1.807, 2.05) is 45.0 Å². The van der Waals surface area contributed by atoms with Crippen molar-refractivity contribution in [2.24, 2.45) is 0 Å². The molecule has 0 saturated carbocycles. The van der Waals surface area contributed by atoms with Crippen LogP contribution in [0.2, 0.25) is 0 Å². The highest BCUT2D eigenvalue weighted by atomic mass is 32.2. The van der Waals surface area contributed by atoms with Crippen LogP contribution in [-0.2, 0) is 26.2 Å². The van der Waals surface area contributed by atoms with E-state index in [1.165, 1.54) is 17.0 Å². The molecular weight excluding hydrogens is 457 g/mol. The molecule has 34 heavy (non-hydrogen) atoms. The fourth-order valence-corrected chi connectivity index (χ4v) is 4.39. The summed E-state index contributed by atoms with van der Waals surface area (Å²) >= 11 is 0. The number of aryl methyl sites for hydroxylation is 1. The second-order valence-corrected chi connectivity index (χ2v) is 10.2. The van der Waals surface area contributed by atoms with E-state index in [0.717, 1.165) is 46.7 Å². The minimum atomic E-state index is -3.85. The van der Waals surface area contributed by atoms with Gasteiger partial charge in [0, 0.05) is 13.1 Å². The third-order valence-corrected chi connectivity index (χ3v) is 6.62. The summed E-state index contributed by atoms with van der Waals surface area (Å²) in [4.78, 5) is 27.9. The lowest BCUT2D eigenvalue weighted by molar-refractivity contribution is -0.140. The van der Waals surface area contributed by atoms with Gasteiger partial charge < -0.3 is 10.2 Å². The molecule has 186 valence electrons. The van der Waals surface area contributed by atoms with Crippen LogP contribution >= 0.6 is 0 Å². The smallest absolute Gasteiger partial charge is 0.244 e. The van der Waals surface area contributed by atoms with Gasteiger partial charge in [-0.3, -0.25) is 13.9 Å². The maximum atomic E-state index is 13.5. The summed E-state index contributed by atoms with van der Waals surface area (Å²) in [5.41, 5.74) is 2.06. The van der Waals surface area contributed by atoms with E-state index in [1.54, 1.807) is 0 Å². The number of hydrogen-bond donors (Lipinski definition) is 1. The number of carbonyl (C=O) groups is 2. The van der Waals surface area contributed by atoms with Crippen molar-refractivity contribution in [1.29, 1.82) is 0 Å². The van der Waals surface area contributed by atoms with Crippen LogP contribution < -0.4 is 9.62 Å². The number of sulfonamides is 1. The molecule has 0 unspecified atom stereocenters. The third-order valence-electron chi connectivity index (χ3n) is 5.48. The van der Waals surface area contributed by atoms with Gasteiger partial charge in [0.05, 0.1) is 11.9 Å². The van der Waals surface area contributed by atoms with Gasteiger partial charge in [-0.15, -0.1) is 0 Å². The SMILES string of the molecule is CCCCNC(=O)[C@@H](CC)N(Cc1ccc(C)cc1)C(=O)CN(c1ccc(F)cc1)S(C)(=O)=O. The van der Waals surface area contributed by atoms with Crippen LogP contribution in [0, 0.1) is 12.7 Å². The largest absolute Gasteiger partial charge is 0.354 e. The number of nitrogens with zero attached hydrogens (tertiary/aromatic N) is 2. The third kappa shape index (κ3) is 7.83. The van der Waals surface area contributed by atoms with Crippen molar-refractivity contribution in [2.75, 3.05) is 23.7 Å². The van der Waals surface area contributed by atoms with Crippen LogP contribution in [-0.4, -0.2) is 50.5 Å². The molecule has 2 rings (SSSR count). The van der Waals surface area contributed by atoms with Gasteiger partial charge in [0.2, 0.25) is 21.8 Å². The van der Waals surface area contributed by atoms with Crippen LogP contribution in [0.25, 0.3) is 0 Å². The molecule has 0 aliphatic heterocycles. The molecule has 0 aliphatic rings. The van der Waals surface area contributed by atoms with Gasteiger partial charge in [0.15, 0.2) is 0 Å². The first-order chi connectivity index (χ1) is 16.1. The highest BCUT2D eigenvalue weighted by Crippen LogP contribution is 2.20. The number of anilines is 1. The van der Waals surface area contributed by atoms with E-state index >= 15 is 0 Å². The average Bonchev–Trinajstić information content (AvgIpc) is 2.78. The zero-order valence-corrected chi connectivity index (χ0v) is 21.1. The Bertz CT molecular complexity index is 1060. The number of rotatable bonds is 12. The summed E-state index contributed by atoms with van der Waals surface area (Å²) in [6.45, 7) is 5.94. The summed E-state index contributed by atoms with van der Waals surface area (Å²) in [6, 6.07) is 11.7. The first-order valence-electron chi connectivity index (χ1n) is 11.4. The Morgan fingerprint density at radius 2 is 1.65 bits per heavy atom. The van der Waals surface area contributed by atoms with Crippen molar-refractivity contribution in [3.8, 4) is 0 Å². The molecule has 0 heterocycles. The predicted molar refractivity (Wildman–Crippen MR) is 132 cm³/mol. The van der Waals surface area contributed by atoms with Crippen LogP contribution in [0.15, 0.2) is 48.5 Å². The topological polar surface area (TPSA) is 86.8 Å². The van der Waals surface area contributed by atoms with Crippen LogP contribution in [0.3, 0.4) is 0 Å². The maximum absolute atomic E-state index is 13.5. The number of benzene rings is 2. The molecule has 2 aromatic carbocycles. The van der Waals surface area contributed by atoms with Gasteiger partial charge in [0.1, 0.15) is 18.4 Å². The Hall–Kier alpha value is -2.94. The summed E-state index contributed by atoms with van der Waals surface area (Å²) in [5, 5.41) is 2.88. The summed E-state index contributed by atoms with van der Waals surface area (Å²) in [7, 11) is -3.85. The van der Waals surface area contributed by atoms with Gasteiger partial charge in [-0.1, -0.05) is 50.1 Å². The lowest BCUT2D eigenvalue weighted by atomic mass is 10.1. The first-order valence-corrected chi connectivity index (χ1v) is 13.3. The summed E-state index contributed by atoms with van der Waals surface area (Å²) < 4.78 is 39.3. The van der Waals surface area contributed by atoms with E-state index in [9.17, 15) is 22.4 Å². The minimum Gasteiger partial charge on any atom is -0.354 e. The van der Waals surface area contributed by atoms with Gasteiger partial charge in [-0.2, -0.15) is 0 Å². The zero-order chi connectivity index (χ0) is 25.3. The Labute approximate surface area is 202 Å². The normalized spacial score (nSPS) is 12.1. The fourth-order valence-electron chi connectivity index (χ4n) is 3.54. The number of unbranched alkanes of at least 4 members (excludes halogenated alkanes) is 1. The zero-order valence-electron chi connectivity index (χ0n) is 20.3. The molecule has 0 fully saturated rings. The van der Waals surface area contributed by atoms with E-state index in [4.69, 9.17) is 0 Å². The standard InChI is InChI=1S/C25H34FN3O4S/c1-5-7-16-27-25(31)23(6-2)28(17-20-10-8-19(3)9-11-20)24(30)18-29(34(4,32)33)22-14-12-21(26)13-15-22/h8-15,23H,5-7,16-18H2,1-4H3,(H,27,31)/t23-/m1/s1. The Balaban J connectivity index is 2.37. The van der Waals surface area contributed by atoms with Crippen molar-refractivity contribution in [3.05, 3.63) is 65.5 Å². The lowest BCUT2D eigenvalue weighted by Gasteiger charge is -2.33. The summed E-state index contributed by atoms with van der Waals surface area (Å²) in [6.07, 6.45) is 3.10. The highest BCUT2D eigenvalue weighted by molar-refractivity contribution is 7.92. The molecule has 0 radical (unpaired) electrons. The van der Waals surface area contributed by atoms with E-state index in [-0.39, 0.29) is 18.1 Å². The second-order valence-electron chi connectivity index (χ2n) is 8.32. The molecule has 9 heteroatoms. The van der Waals surface area contributed by atoms with Crippen molar-refractivity contribution in [1.82, 2.24) is 10.2 Å². The molecule has 0 spiro atoms. The predicted octanol–water partition coefficient (Wildman–Crippen LogP) is 3.62. The van der Waals surface area contributed by atoms with E-state index in [2.05, 4.69) is 5.32 Å². The van der Waals surface area contributed by atoms with Gasteiger partial charge in [-0.25, -0.2) is 12.8 Å².